The van der Waals surface area contributed by atoms with Crippen LogP contribution in [0.4, 0.5) is 9.59 Å². The van der Waals surface area contributed by atoms with Crippen molar-refractivity contribution >= 4 is 18.2 Å². The van der Waals surface area contributed by atoms with Gasteiger partial charge in [0.2, 0.25) is 5.72 Å². The number of nitrogens with zero attached hydrogens (tertiary/aromatic N) is 5. The van der Waals surface area contributed by atoms with Crippen LogP contribution in [0.5, 0.6) is 0 Å². The smallest absolute Gasteiger partial charge is 0.413 e. The van der Waals surface area contributed by atoms with Gasteiger partial charge in [-0.3, -0.25) is 9.80 Å². The second-order valence-corrected chi connectivity index (χ2v) is 12.7. The van der Waals surface area contributed by atoms with Gasteiger partial charge in [0.25, 0.3) is 0 Å². The summed E-state index contributed by atoms with van der Waals surface area (Å²) >= 11 is 0. The van der Waals surface area contributed by atoms with Gasteiger partial charge in [-0.15, -0.1) is 0 Å². The first-order valence-electron chi connectivity index (χ1n) is 15.0. The Hall–Kier alpha value is -4.36. The molecule has 0 aromatic heterocycles. The fourth-order valence-electron chi connectivity index (χ4n) is 5.92. The number of aliphatic hydroxyl groups is 2. The van der Waals surface area contributed by atoms with Crippen molar-refractivity contribution in [3.63, 3.8) is 0 Å². The third-order valence-corrected chi connectivity index (χ3v) is 7.99. The predicted octanol–water partition coefficient (Wildman–Crippen LogP) is 4.75. The molecule has 5 atom stereocenters. The lowest BCUT2D eigenvalue weighted by Gasteiger charge is -2.45. The van der Waals surface area contributed by atoms with E-state index in [0.29, 0.717) is 5.56 Å². The van der Waals surface area contributed by atoms with Crippen LogP contribution in [0.15, 0.2) is 65.8 Å². The summed E-state index contributed by atoms with van der Waals surface area (Å²) in [5, 5.41) is 25.4. The molecule has 2 saturated heterocycles. The van der Waals surface area contributed by atoms with Crippen LogP contribution in [0.1, 0.15) is 63.4 Å². The molecule has 0 radical (unpaired) electrons. The van der Waals surface area contributed by atoms with E-state index < -0.39 is 66.0 Å². The van der Waals surface area contributed by atoms with E-state index in [1.165, 1.54) is 17.0 Å². The molecule has 248 valence electrons. The molecule has 2 aromatic rings. The maximum Gasteiger partial charge on any atom is 0.413 e. The molecule has 5 unspecified atom stereocenters. The first-order valence-corrected chi connectivity index (χ1v) is 15.0. The number of likely N-dealkylation sites (tertiary alicyclic amines) is 1. The monoisotopic (exact) mass is 639 g/mol. The Kier molecular flexibility index (Phi) is 10.5. The van der Waals surface area contributed by atoms with Gasteiger partial charge in [0, 0.05) is 11.3 Å². The highest BCUT2D eigenvalue weighted by Crippen LogP contribution is 2.45. The molecule has 2 aliphatic heterocycles. The van der Waals surface area contributed by atoms with Crippen LogP contribution < -0.4 is 0 Å². The number of carbonyl (C=O) groups excluding carboxylic acids is 3. The summed E-state index contributed by atoms with van der Waals surface area (Å²) < 4.78 is 23.5. The van der Waals surface area contributed by atoms with Crippen LogP contribution in [0.3, 0.4) is 0 Å². The van der Waals surface area contributed by atoms with Crippen molar-refractivity contribution in [3.05, 3.63) is 82.2 Å². The maximum absolute atomic E-state index is 14.2. The predicted molar refractivity (Wildman–Crippen MR) is 164 cm³/mol. The number of esters is 1. The number of carbonyl (C=O) groups is 3. The first-order chi connectivity index (χ1) is 21.7. The van der Waals surface area contributed by atoms with Crippen molar-refractivity contribution in [1.29, 1.82) is 0 Å². The first kappa shape index (κ1) is 34.5. The minimum atomic E-state index is -2.20. The average Bonchev–Trinajstić information content (AvgIpc) is 3.55. The van der Waals surface area contributed by atoms with Crippen LogP contribution >= 0.6 is 0 Å². The van der Waals surface area contributed by atoms with E-state index in [1.54, 1.807) is 77.1 Å². The molecular formula is C32H41N5O9. The van der Waals surface area contributed by atoms with Crippen LogP contribution in [-0.2, 0) is 25.6 Å². The number of benzene rings is 2. The molecular weight excluding hydrogens is 598 g/mol. The van der Waals surface area contributed by atoms with Crippen molar-refractivity contribution in [3.8, 4) is 0 Å². The van der Waals surface area contributed by atoms with Gasteiger partial charge in [-0.25, -0.2) is 14.4 Å². The van der Waals surface area contributed by atoms with Gasteiger partial charge < -0.3 is 29.2 Å². The van der Waals surface area contributed by atoms with Crippen molar-refractivity contribution in [1.82, 2.24) is 9.80 Å². The van der Waals surface area contributed by atoms with Crippen molar-refractivity contribution in [2.75, 3.05) is 13.2 Å². The number of amides is 2. The van der Waals surface area contributed by atoms with E-state index in [0.717, 1.165) is 4.90 Å². The summed E-state index contributed by atoms with van der Waals surface area (Å²) in [6.45, 7) is 7.53. The Morgan fingerprint density at radius 3 is 2.26 bits per heavy atom. The number of hydrogen-bond acceptors (Lipinski definition) is 10. The number of aliphatic hydroxyl groups excluding tert-OH is 2. The molecule has 14 nitrogen and oxygen atoms in total. The maximum atomic E-state index is 14.2. The third kappa shape index (κ3) is 7.37. The van der Waals surface area contributed by atoms with Crippen LogP contribution in [-0.4, -0.2) is 92.7 Å². The molecule has 0 aliphatic carbocycles. The fraction of sp³-hybridized carbons (Fsp3) is 0.531. The number of azide groups is 1. The number of ether oxygens (including phenoxy) is 4. The number of hydrogen-bond donors (Lipinski definition) is 2. The summed E-state index contributed by atoms with van der Waals surface area (Å²) in [5.74, 6) is -0.884. The Morgan fingerprint density at radius 1 is 1.04 bits per heavy atom. The van der Waals surface area contributed by atoms with Crippen molar-refractivity contribution < 1.29 is 43.5 Å². The van der Waals surface area contributed by atoms with Gasteiger partial charge >= 0.3 is 18.2 Å². The highest BCUT2D eigenvalue weighted by atomic mass is 16.6. The molecule has 14 heteroatoms. The molecule has 0 saturated carbocycles. The molecule has 2 amide bonds. The quantitative estimate of drug-likeness (QED) is 0.129. The van der Waals surface area contributed by atoms with Gasteiger partial charge in [-0.05, 0) is 64.3 Å². The molecule has 0 bridgehead atoms. The zero-order chi connectivity index (χ0) is 33.7. The lowest BCUT2D eigenvalue weighted by Crippen LogP contribution is -2.66. The lowest BCUT2D eigenvalue weighted by molar-refractivity contribution is -0.172. The summed E-state index contributed by atoms with van der Waals surface area (Å²) in [5.41, 5.74) is 5.80. The molecule has 2 N–H and O–H groups in total. The second kappa shape index (κ2) is 14.0. The van der Waals surface area contributed by atoms with Gasteiger partial charge in [0.15, 0.2) is 0 Å². The minimum Gasteiger partial charge on any atom is -0.444 e. The highest BCUT2D eigenvalue weighted by molar-refractivity contribution is 5.90. The zero-order valence-corrected chi connectivity index (χ0v) is 26.6. The van der Waals surface area contributed by atoms with Crippen molar-refractivity contribution in [2.24, 2.45) is 5.11 Å². The normalized spacial score (nSPS) is 23.6. The van der Waals surface area contributed by atoms with E-state index in [4.69, 9.17) is 18.9 Å². The van der Waals surface area contributed by atoms with E-state index >= 15 is 0 Å². The lowest BCUT2D eigenvalue weighted by atomic mass is 9.97. The SMILES string of the molecule is CC(C)(C)OC(=O)N1C(C2CCC(OC(=O)c3ccccc3)(C(O)C(CO)N=[N+]=[N-])N2C(=O)OCc2ccccc2)COC1(C)C. The summed E-state index contributed by atoms with van der Waals surface area (Å²) in [4.78, 5) is 46.6. The Labute approximate surface area is 267 Å². The van der Waals surface area contributed by atoms with E-state index in [-0.39, 0.29) is 31.6 Å². The molecule has 2 aromatic carbocycles. The molecule has 2 fully saturated rings. The molecule has 0 spiro atoms. The van der Waals surface area contributed by atoms with Gasteiger partial charge in [-0.2, -0.15) is 0 Å². The summed E-state index contributed by atoms with van der Waals surface area (Å²) in [7, 11) is 0. The minimum absolute atomic E-state index is 0.0298. The third-order valence-electron chi connectivity index (χ3n) is 7.99. The average molecular weight is 640 g/mol. The Balaban J connectivity index is 1.83. The van der Waals surface area contributed by atoms with E-state index in [1.807, 2.05) is 6.07 Å². The summed E-state index contributed by atoms with van der Waals surface area (Å²) in [6, 6.07) is 13.5. The highest BCUT2D eigenvalue weighted by Gasteiger charge is 2.63. The van der Waals surface area contributed by atoms with Gasteiger partial charge in [-0.1, -0.05) is 53.6 Å². The Bertz CT molecular complexity index is 1430. The van der Waals surface area contributed by atoms with Gasteiger partial charge in [0.05, 0.1) is 36.9 Å². The topological polar surface area (TPSA) is 184 Å². The Morgan fingerprint density at radius 2 is 1.67 bits per heavy atom. The number of rotatable bonds is 9. The zero-order valence-electron chi connectivity index (χ0n) is 26.6. The second-order valence-electron chi connectivity index (χ2n) is 12.7. The molecule has 2 heterocycles. The van der Waals surface area contributed by atoms with Gasteiger partial charge in [0.1, 0.15) is 24.0 Å². The van der Waals surface area contributed by atoms with Crippen LogP contribution in [0.2, 0.25) is 0 Å². The van der Waals surface area contributed by atoms with E-state index in [2.05, 4.69) is 10.0 Å². The fourth-order valence-corrected chi connectivity index (χ4v) is 5.92. The largest absolute Gasteiger partial charge is 0.444 e. The molecule has 2 aliphatic rings. The summed E-state index contributed by atoms with van der Waals surface area (Å²) in [6.07, 6.45) is -3.64. The molecule has 46 heavy (non-hydrogen) atoms. The van der Waals surface area contributed by atoms with Crippen LogP contribution in [0.25, 0.3) is 10.4 Å². The standard InChI is InChI=1S/C32H41N5O9/c1-30(2,3)46-29(42)36-25(20-44-31(36,4)5)24-16-17-32(26(39)23(18-38)34-35-33,45-27(40)22-14-10-7-11-15-22)37(24)28(41)43-19-21-12-8-6-9-13-21/h6-15,23-26,38-39H,16-20H2,1-5H3. The van der Waals surface area contributed by atoms with Crippen LogP contribution in [0, 0.1) is 0 Å². The van der Waals surface area contributed by atoms with Crippen molar-refractivity contribution in [2.45, 2.75) is 95.3 Å². The molecule has 4 rings (SSSR count). The van der Waals surface area contributed by atoms with E-state index in [9.17, 15) is 30.1 Å².